The molecule has 0 aliphatic heterocycles. The summed E-state index contributed by atoms with van der Waals surface area (Å²) >= 11 is 5.58. The van der Waals surface area contributed by atoms with E-state index in [1.165, 1.54) is 0 Å². The highest BCUT2D eigenvalue weighted by molar-refractivity contribution is 6.29. The lowest BCUT2D eigenvalue weighted by Crippen LogP contribution is -1.95. The van der Waals surface area contributed by atoms with Gasteiger partial charge in [0.25, 0.3) is 5.69 Å². The van der Waals surface area contributed by atoms with Gasteiger partial charge in [0.1, 0.15) is 11.0 Å². The van der Waals surface area contributed by atoms with Crippen molar-refractivity contribution in [3.8, 4) is 11.6 Å². The second-order valence-electron chi connectivity index (χ2n) is 3.42. The lowest BCUT2D eigenvalue weighted by molar-refractivity contribution is -0.385. The van der Waals surface area contributed by atoms with Crippen molar-refractivity contribution in [2.45, 2.75) is 0 Å². The van der Waals surface area contributed by atoms with Gasteiger partial charge in [-0.2, -0.15) is 0 Å². The number of nitrogens with zero attached hydrogens (tertiary/aromatic N) is 2. The SMILES string of the molecule is O=[N+]([O-])c1cc(Cl)nc(Oc2ccc(F)cc2F)c1. The Bertz CT molecular complexity index is 652. The van der Waals surface area contributed by atoms with Crippen LogP contribution in [0.1, 0.15) is 0 Å². The van der Waals surface area contributed by atoms with E-state index in [1.54, 1.807) is 0 Å². The molecule has 0 atom stereocenters. The number of nitro groups is 1. The number of hydrogen-bond acceptors (Lipinski definition) is 4. The van der Waals surface area contributed by atoms with Crippen LogP contribution >= 0.6 is 11.6 Å². The van der Waals surface area contributed by atoms with Crippen LogP contribution < -0.4 is 4.74 Å². The van der Waals surface area contributed by atoms with Gasteiger partial charge in [0.2, 0.25) is 5.88 Å². The lowest BCUT2D eigenvalue weighted by Gasteiger charge is -2.06. The smallest absolute Gasteiger partial charge is 0.277 e. The van der Waals surface area contributed by atoms with Gasteiger partial charge in [-0.25, -0.2) is 13.8 Å². The summed E-state index contributed by atoms with van der Waals surface area (Å²) in [7, 11) is 0. The molecule has 2 aromatic rings. The Labute approximate surface area is 110 Å². The monoisotopic (exact) mass is 286 g/mol. The molecule has 0 aliphatic rings. The maximum absolute atomic E-state index is 13.3. The van der Waals surface area contributed by atoms with Crippen molar-refractivity contribution in [2.75, 3.05) is 0 Å². The van der Waals surface area contributed by atoms with Crippen molar-refractivity contribution in [2.24, 2.45) is 0 Å². The van der Waals surface area contributed by atoms with Gasteiger partial charge in [-0.3, -0.25) is 10.1 Å². The van der Waals surface area contributed by atoms with Gasteiger partial charge in [0, 0.05) is 6.07 Å². The number of benzene rings is 1. The summed E-state index contributed by atoms with van der Waals surface area (Å²) in [6.45, 7) is 0. The van der Waals surface area contributed by atoms with Crippen molar-refractivity contribution in [1.82, 2.24) is 4.98 Å². The van der Waals surface area contributed by atoms with E-state index in [0.717, 1.165) is 24.3 Å². The molecular weight excluding hydrogens is 282 g/mol. The molecule has 1 heterocycles. The minimum Gasteiger partial charge on any atom is -0.436 e. The molecule has 0 aliphatic carbocycles. The third-order valence-electron chi connectivity index (χ3n) is 2.07. The summed E-state index contributed by atoms with van der Waals surface area (Å²) in [5, 5.41) is 10.4. The normalized spacial score (nSPS) is 10.3. The number of aromatic nitrogens is 1. The lowest BCUT2D eigenvalue weighted by atomic mass is 10.3. The fourth-order valence-electron chi connectivity index (χ4n) is 1.29. The molecule has 2 rings (SSSR count). The zero-order valence-corrected chi connectivity index (χ0v) is 9.90. The molecule has 0 saturated carbocycles. The Kier molecular flexibility index (Phi) is 3.57. The molecule has 19 heavy (non-hydrogen) atoms. The second-order valence-corrected chi connectivity index (χ2v) is 3.81. The molecule has 98 valence electrons. The molecule has 0 saturated heterocycles. The highest BCUT2D eigenvalue weighted by Crippen LogP contribution is 2.28. The molecule has 0 spiro atoms. The van der Waals surface area contributed by atoms with Crippen LogP contribution in [-0.4, -0.2) is 9.91 Å². The van der Waals surface area contributed by atoms with Crippen molar-refractivity contribution in [3.63, 3.8) is 0 Å². The molecular formula is C11H5ClF2N2O3. The van der Waals surface area contributed by atoms with Gasteiger partial charge in [-0.1, -0.05) is 11.6 Å². The van der Waals surface area contributed by atoms with E-state index in [9.17, 15) is 18.9 Å². The molecule has 1 aromatic heterocycles. The van der Waals surface area contributed by atoms with Crippen LogP contribution in [0.15, 0.2) is 30.3 Å². The summed E-state index contributed by atoms with van der Waals surface area (Å²) in [6, 6.07) is 4.65. The van der Waals surface area contributed by atoms with Gasteiger partial charge in [-0.15, -0.1) is 0 Å². The highest BCUT2D eigenvalue weighted by Gasteiger charge is 2.13. The third-order valence-corrected chi connectivity index (χ3v) is 2.27. The van der Waals surface area contributed by atoms with Crippen molar-refractivity contribution >= 4 is 17.3 Å². The quantitative estimate of drug-likeness (QED) is 0.490. The number of halogens is 3. The van der Waals surface area contributed by atoms with Crippen LogP contribution in [0.25, 0.3) is 0 Å². The first kappa shape index (κ1) is 13.2. The predicted octanol–water partition coefficient (Wildman–Crippen LogP) is 3.71. The van der Waals surface area contributed by atoms with Crippen molar-refractivity contribution in [1.29, 1.82) is 0 Å². The molecule has 8 heteroatoms. The van der Waals surface area contributed by atoms with Crippen LogP contribution in [0.2, 0.25) is 5.15 Å². The predicted molar refractivity (Wildman–Crippen MR) is 62.3 cm³/mol. The first-order chi connectivity index (χ1) is 8.95. The highest BCUT2D eigenvalue weighted by atomic mass is 35.5. The van der Waals surface area contributed by atoms with Crippen LogP contribution in [-0.2, 0) is 0 Å². The van der Waals surface area contributed by atoms with Crippen LogP contribution in [0.4, 0.5) is 14.5 Å². The molecule has 0 amide bonds. The van der Waals surface area contributed by atoms with Crippen molar-refractivity contribution < 1.29 is 18.4 Å². The summed E-state index contributed by atoms with van der Waals surface area (Å²) in [5.74, 6) is -2.30. The Hall–Kier alpha value is -2.28. The van der Waals surface area contributed by atoms with Gasteiger partial charge in [0.05, 0.1) is 17.1 Å². The number of hydrogen-bond donors (Lipinski definition) is 0. The largest absolute Gasteiger partial charge is 0.436 e. The minimum absolute atomic E-state index is 0.174. The van der Waals surface area contributed by atoms with Crippen LogP contribution in [0, 0.1) is 21.7 Å². The molecule has 5 nitrogen and oxygen atoms in total. The Morgan fingerprint density at radius 1 is 1.26 bits per heavy atom. The van der Waals surface area contributed by atoms with Crippen LogP contribution in [0.5, 0.6) is 11.6 Å². The first-order valence-corrected chi connectivity index (χ1v) is 5.28. The standard InChI is InChI=1S/C11H5ClF2N2O3/c12-10-4-7(16(17)18)5-11(15-10)19-9-2-1-6(13)3-8(9)14/h1-5H. The fourth-order valence-corrected chi connectivity index (χ4v) is 1.48. The summed E-state index contributed by atoms with van der Waals surface area (Å²) in [4.78, 5) is 13.6. The van der Waals surface area contributed by atoms with E-state index in [0.29, 0.717) is 6.07 Å². The Balaban J connectivity index is 2.35. The minimum atomic E-state index is -0.954. The Morgan fingerprint density at radius 2 is 2.00 bits per heavy atom. The maximum Gasteiger partial charge on any atom is 0.277 e. The topological polar surface area (TPSA) is 65.3 Å². The summed E-state index contributed by atoms with van der Waals surface area (Å²) in [5.41, 5.74) is -0.350. The van der Waals surface area contributed by atoms with E-state index in [4.69, 9.17) is 16.3 Å². The zero-order chi connectivity index (χ0) is 14.0. The fraction of sp³-hybridized carbons (Fsp3) is 0. The maximum atomic E-state index is 13.3. The van der Waals surface area contributed by atoms with Gasteiger partial charge < -0.3 is 4.74 Å². The third kappa shape index (κ3) is 3.14. The van der Waals surface area contributed by atoms with E-state index >= 15 is 0 Å². The van der Waals surface area contributed by atoms with E-state index in [1.807, 2.05) is 0 Å². The number of rotatable bonds is 3. The summed E-state index contributed by atoms with van der Waals surface area (Å²) < 4.78 is 31.0. The summed E-state index contributed by atoms with van der Waals surface area (Å²) in [6.07, 6.45) is 0. The molecule has 0 unspecified atom stereocenters. The number of ether oxygens (including phenoxy) is 1. The second kappa shape index (κ2) is 5.15. The molecule has 1 aromatic carbocycles. The average molecular weight is 287 g/mol. The Morgan fingerprint density at radius 3 is 2.63 bits per heavy atom. The molecule has 0 radical (unpaired) electrons. The van der Waals surface area contributed by atoms with Gasteiger partial charge in [0.15, 0.2) is 11.6 Å². The van der Waals surface area contributed by atoms with Gasteiger partial charge >= 0.3 is 0 Å². The average Bonchev–Trinajstić information content (AvgIpc) is 2.32. The van der Waals surface area contributed by atoms with Crippen LogP contribution in [0.3, 0.4) is 0 Å². The number of pyridine rings is 1. The molecule has 0 fully saturated rings. The van der Waals surface area contributed by atoms with Gasteiger partial charge in [-0.05, 0) is 12.1 Å². The van der Waals surface area contributed by atoms with E-state index in [-0.39, 0.29) is 22.5 Å². The van der Waals surface area contributed by atoms with Crippen molar-refractivity contribution in [3.05, 3.63) is 57.2 Å². The molecule has 0 N–H and O–H groups in total. The zero-order valence-electron chi connectivity index (χ0n) is 9.14. The first-order valence-electron chi connectivity index (χ1n) is 4.90. The molecule has 0 bridgehead atoms. The van der Waals surface area contributed by atoms with E-state index < -0.39 is 16.6 Å². The van der Waals surface area contributed by atoms with E-state index in [2.05, 4.69) is 4.98 Å².